The summed E-state index contributed by atoms with van der Waals surface area (Å²) in [6, 6.07) is 4.26. The van der Waals surface area contributed by atoms with E-state index in [2.05, 4.69) is 15.4 Å². The maximum absolute atomic E-state index is 12.3. The zero-order valence-corrected chi connectivity index (χ0v) is 13.8. The first-order valence-electron chi connectivity index (χ1n) is 7.60. The molecule has 3 N–H and O–H groups in total. The van der Waals surface area contributed by atoms with Gasteiger partial charge in [-0.05, 0) is 18.1 Å². The van der Waals surface area contributed by atoms with Gasteiger partial charge in [0.25, 0.3) is 5.91 Å². The first kappa shape index (κ1) is 20.3. The third-order valence-corrected chi connectivity index (χ3v) is 3.55. The van der Waals surface area contributed by atoms with Crippen LogP contribution in [-0.4, -0.2) is 42.1 Å². The number of halogens is 2. The van der Waals surface area contributed by atoms with Gasteiger partial charge in [0.15, 0.2) is 0 Å². The number of carbonyl (C=O) groups excluding carboxylic acids is 2. The van der Waals surface area contributed by atoms with Gasteiger partial charge in [-0.2, -0.15) is 8.78 Å². The number of para-hydroxylation sites is 1. The minimum atomic E-state index is -3.09. The van der Waals surface area contributed by atoms with Gasteiger partial charge in [0.05, 0.1) is 12.1 Å². The van der Waals surface area contributed by atoms with Gasteiger partial charge in [-0.15, -0.1) is 0 Å². The number of hydrogen-bond donors (Lipinski definition) is 3. The van der Waals surface area contributed by atoms with Crippen molar-refractivity contribution in [2.45, 2.75) is 32.9 Å². The molecule has 0 aliphatic rings. The van der Waals surface area contributed by atoms with Crippen LogP contribution in [0.4, 0.5) is 8.78 Å². The van der Waals surface area contributed by atoms with E-state index < -0.39 is 37.0 Å². The summed E-state index contributed by atoms with van der Waals surface area (Å²) in [5.74, 6) is -3.28. The van der Waals surface area contributed by atoms with Crippen LogP contribution in [0.2, 0.25) is 0 Å². The Balaban J connectivity index is 2.67. The highest BCUT2D eigenvalue weighted by atomic mass is 19.3. The largest absolute Gasteiger partial charge is 0.480 e. The molecule has 138 valence electrons. The van der Waals surface area contributed by atoms with Crippen molar-refractivity contribution in [2.75, 3.05) is 6.54 Å². The number of carboxylic acids is 1. The molecule has 0 spiro atoms. The molecule has 1 rings (SSSR count). The maximum Gasteiger partial charge on any atom is 0.387 e. The van der Waals surface area contributed by atoms with Crippen molar-refractivity contribution in [3.63, 3.8) is 0 Å². The lowest BCUT2D eigenvalue weighted by atomic mass is 9.99. The molecular formula is C16H20F2N2O5. The predicted octanol–water partition coefficient (Wildman–Crippen LogP) is 1.63. The van der Waals surface area contributed by atoms with E-state index in [9.17, 15) is 23.2 Å². The molecule has 0 aliphatic carbocycles. The summed E-state index contributed by atoms with van der Waals surface area (Å²) in [4.78, 5) is 35.0. The van der Waals surface area contributed by atoms with E-state index in [1.165, 1.54) is 24.3 Å². The van der Waals surface area contributed by atoms with E-state index in [1.807, 2.05) is 0 Å². The summed E-state index contributed by atoms with van der Waals surface area (Å²) in [6.07, 6.45) is 0.544. The fourth-order valence-electron chi connectivity index (χ4n) is 2.02. The molecule has 0 heterocycles. The van der Waals surface area contributed by atoms with Crippen molar-refractivity contribution in [3.05, 3.63) is 29.8 Å². The van der Waals surface area contributed by atoms with Crippen molar-refractivity contribution in [1.29, 1.82) is 0 Å². The highest BCUT2D eigenvalue weighted by molar-refractivity contribution is 5.99. The molecule has 25 heavy (non-hydrogen) atoms. The number of benzene rings is 1. The zero-order valence-electron chi connectivity index (χ0n) is 13.8. The van der Waals surface area contributed by atoms with Gasteiger partial charge >= 0.3 is 12.6 Å². The molecule has 0 unspecified atom stereocenters. The second-order valence-corrected chi connectivity index (χ2v) is 5.33. The Morgan fingerprint density at radius 2 is 1.88 bits per heavy atom. The minimum Gasteiger partial charge on any atom is -0.480 e. The van der Waals surface area contributed by atoms with Crippen LogP contribution in [0.1, 0.15) is 30.6 Å². The molecule has 0 aromatic heterocycles. The summed E-state index contributed by atoms with van der Waals surface area (Å²) < 4.78 is 28.9. The highest BCUT2D eigenvalue weighted by Gasteiger charge is 2.25. The SMILES string of the molecule is CC[C@H](C)[C@H](NC(=O)CNC(=O)c1ccccc1OC(F)F)C(=O)O. The van der Waals surface area contributed by atoms with Crippen LogP contribution in [0.3, 0.4) is 0 Å². The molecule has 0 saturated heterocycles. The first-order chi connectivity index (χ1) is 11.8. The number of alkyl halides is 2. The molecule has 0 bridgehead atoms. The second-order valence-electron chi connectivity index (χ2n) is 5.33. The van der Waals surface area contributed by atoms with Crippen molar-refractivity contribution in [1.82, 2.24) is 10.6 Å². The average molecular weight is 358 g/mol. The molecule has 0 fully saturated rings. The number of nitrogens with one attached hydrogen (secondary N) is 2. The van der Waals surface area contributed by atoms with E-state index in [4.69, 9.17) is 5.11 Å². The van der Waals surface area contributed by atoms with E-state index in [0.717, 1.165) is 0 Å². The quantitative estimate of drug-likeness (QED) is 0.622. The lowest BCUT2D eigenvalue weighted by molar-refractivity contribution is -0.143. The number of amides is 2. The van der Waals surface area contributed by atoms with E-state index >= 15 is 0 Å². The van der Waals surface area contributed by atoms with Crippen LogP contribution in [0.5, 0.6) is 5.75 Å². The Morgan fingerprint density at radius 1 is 1.24 bits per heavy atom. The summed E-state index contributed by atoms with van der Waals surface area (Å²) >= 11 is 0. The van der Waals surface area contributed by atoms with Crippen LogP contribution in [0.25, 0.3) is 0 Å². The van der Waals surface area contributed by atoms with Gasteiger partial charge in [-0.1, -0.05) is 32.4 Å². The number of ether oxygens (including phenoxy) is 1. The normalized spacial score (nSPS) is 13.0. The monoisotopic (exact) mass is 358 g/mol. The minimum absolute atomic E-state index is 0.160. The first-order valence-corrected chi connectivity index (χ1v) is 7.60. The zero-order chi connectivity index (χ0) is 19.0. The summed E-state index contributed by atoms with van der Waals surface area (Å²) in [5, 5.41) is 13.7. The molecule has 1 aromatic carbocycles. The van der Waals surface area contributed by atoms with Gasteiger partial charge in [-0.25, -0.2) is 4.79 Å². The predicted molar refractivity (Wildman–Crippen MR) is 84.4 cm³/mol. The number of carboxylic acid groups (broad SMARTS) is 1. The lowest BCUT2D eigenvalue weighted by Gasteiger charge is -2.20. The van der Waals surface area contributed by atoms with E-state index in [1.54, 1.807) is 13.8 Å². The van der Waals surface area contributed by atoms with E-state index in [0.29, 0.717) is 6.42 Å². The third-order valence-electron chi connectivity index (χ3n) is 3.55. The Bertz CT molecular complexity index is 624. The topological polar surface area (TPSA) is 105 Å². The van der Waals surface area contributed by atoms with Crippen molar-refractivity contribution < 1.29 is 33.0 Å². The Kier molecular flexibility index (Phi) is 7.77. The molecule has 0 saturated carbocycles. The van der Waals surface area contributed by atoms with Gasteiger partial charge in [0.2, 0.25) is 5.91 Å². The van der Waals surface area contributed by atoms with Gasteiger partial charge in [-0.3, -0.25) is 9.59 Å². The molecule has 1 aromatic rings. The summed E-state index contributed by atoms with van der Waals surface area (Å²) in [7, 11) is 0. The van der Waals surface area contributed by atoms with Crippen molar-refractivity contribution in [2.24, 2.45) is 5.92 Å². The molecule has 2 atom stereocenters. The van der Waals surface area contributed by atoms with E-state index in [-0.39, 0.29) is 17.2 Å². The number of hydrogen-bond acceptors (Lipinski definition) is 4. The third kappa shape index (κ3) is 6.36. The van der Waals surface area contributed by atoms with Crippen LogP contribution >= 0.6 is 0 Å². The number of carbonyl (C=O) groups is 3. The van der Waals surface area contributed by atoms with Crippen molar-refractivity contribution in [3.8, 4) is 5.75 Å². The van der Waals surface area contributed by atoms with Crippen LogP contribution in [-0.2, 0) is 9.59 Å². The average Bonchev–Trinajstić information content (AvgIpc) is 2.56. The fourth-order valence-corrected chi connectivity index (χ4v) is 2.02. The molecule has 7 nitrogen and oxygen atoms in total. The standard InChI is InChI=1S/C16H20F2N2O5/c1-3-9(2)13(15(23)24)20-12(21)8-19-14(22)10-6-4-5-7-11(10)25-16(17)18/h4-7,9,13,16H,3,8H2,1-2H3,(H,19,22)(H,20,21)(H,23,24)/t9-,13-/m0/s1. The smallest absolute Gasteiger partial charge is 0.387 e. The molecular weight excluding hydrogens is 338 g/mol. The van der Waals surface area contributed by atoms with Gasteiger partial charge in [0, 0.05) is 0 Å². The molecule has 0 radical (unpaired) electrons. The molecule has 0 aliphatic heterocycles. The second kappa shape index (κ2) is 9.55. The van der Waals surface area contributed by atoms with Crippen LogP contribution < -0.4 is 15.4 Å². The lowest BCUT2D eigenvalue weighted by Crippen LogP contribution is -2.48. The molecule has 9 heteroatoms. The van der Waals surface area contributed by atoms with Gasteiger partial charge in [0.1, 0.15) is 11.8 Å². The fraction of sp³-hybridized carbons (Fsp3) is 0.438. The van der Waals surface area contributed by atoms with Crippen LogP contribution in [0, 0.1) is 5.92 Å². The summed E-state index contributed by atoms with van der Waals surface area (Å²) in [5.41, 5.74) is -0.160. The Morgan fingerprint density at radius 3 is 2.44 bits per heavy atom. The van der Waals surface area contributed by atoms with Crippen LogP contribution in [0.15, 0.2) is 24.3 Å². The number of aliphatic carboxylic acids is 1. The Hall–Kier alpha value is -2.71. The highest BCUT2D eigenvalue weighted by Crippen LogP contribution is 2.19. The maximum atomic E-state index is 12.3. The molecule has 2 amide bonds. The Labute approximate surface area is 143 Å². The number of rotatable bonds is 9. The summed E-state index contributed by atoms with van der Waals surface area (Å²) in [6.45, 7) is -0.129. The van der Waals surface area contributed by atoms with Crippen molar-refractivity contribution >= 4 is 17.8 Å². The van der Waals surface area contributed by atoms with Gasteiger partial charge < -0.3 is 20.5 Å².